The maximum absolute atomic E-state index is 12.8. The maximum Gasteiger partial charge on any atom is 0.573 e. The summed E-state index contributed by atoms with van der Waals surface area (Å²) >= 11 is 0. The van der Waals surface area contributed by atoms with Gasteiger partial charge < -0.3 is 10.5 Å². The quantitative estimate of drug-likeness (QED) is 0.601. The van der Waals surface area contributed by atoms with Crippen molar-refractivity contribution >= 4 is 21.4 Å². The lowest BCUT2D eigenvalue weighted by atomic mass is 10.1. The molecule has 26 heavy (non-hydrogen) atoms. The minimum absolute atomic E-state index is 0.415. The van der Waals surface area contributed by atoms with Crippen molar-refractivity contribution in [2.75, 3.05) is 10.5 Å². The second kappa shape index (κ2) is 6.59. The summed E-state index contributed by atoms with van der Waals surface area (Å²) in [5, 5.41) is 0. The van der Waals surface area contributed by atoms with Gasteiger partial charge in [0.25, 0.3) is 10.0 Å². The predicted octanol–water partition coefficient (Wildman–Crippen LogP) is 3.99. The topological polar surface area (TPSA) is 81.4 Å². The van der Waals surface area contributed by atoms with Gasteiger partial charge in [-0.25, -0.2) is 8.42 Å². The smallest absolute Gasteiger partial charge is 0.406 e. The van der Waals surface area contributed by atoms with Crippen LogP contribution in [0.4, 0.5) is 37.7 Å². The molecule has 0 aromatic heterocycles. The van der Waals surface area contributed by atoms with Crippen molar-refractivity contribution in [3.05, 3.63) is 48.0 Å². The van der Waals surface area contributed by atoms with Gasteiger partial charge in [0.05, 0.1) is 10.5 Å². The molecule has 0 unspecified atom stereocenters. The SMILES string of the molecule is Nc1ccc(NS(=O)(=O)c2ccc(OC(F)(F)F)cc2)cc1C(F)(F)F. The monoisotopic (exact) mass is 400 g/mol. The number of ether oxygens (including phenoxy) is 1. The first-order valence-electron chi connectivity index (χ1n) is 6.63. The van der Waals surface area contributed by atoms with E-state index < -0.39 is 50.1 Å². The number of hydrogen-bond acceptors (Lipinski definition) is 4. The zero-order valence-electron chi connectivity index (χ0n) is 12.5. The van der Waals surface area contributed by atoms with E-state index in [1.807, 2.05) is 4.72 Å². The number of alkyl halides is 6. The Morgan fingerprint density at radius 1 is 0.923 bits per heavy atom. The predicted molar refractivity (Wildman–Crippen MR) is 79.8 cm³/mol. The summed E-state index contributed by atoms with van der Waals surface area (Å²) in [6, 6.07) is 5.54. The summed E-state index contributed by atoms with van der Waals surface area (Å²) in [4.78, 5) is -0.475. The fraction of sp³-hybridized carbons (Fsp3) is 0.143. The molecule has 0 heterocycles. The molecule has 0 amide bonds. The molecule has 0 fully saturated rings. The molecule has 3 N–H and O–H groups in total. The Morgan fingerprint density at radius 2 is 1.50 bits per heavy atom. The zero-order valence-corrected chi connectivity index (χ0v) is 13.3. The summed E-state index contributed by atoms with van der Waals surface area (Å²) in [6.07, 6.45) is -9.74. The van der Waals surface area contributed by atoms with Crippen LogP contribution >= 0.6 is 0 Å². The molecule has 5 nitrogen and oxygen atoms in total. The fourth-order valence-corrected chi connectivity index (χ4v) is 2.95. The summed E-state index contributed by atoms with van der Waals surface area (Å²) in [7, 11) is -4.34. The van der Waals surface area contributed by atoms with Crippen molar-refractivity contribution in [3.8, 4) is 5.75 Å². The molecule has 2 rings (SSSR count). The molecule has 0 saturated carbocycles. The molecule has 142 valence electrons. The van der Waals surface area contributed by atoms with Gasteiger partial charge in [-0.15, -0.1) is 13.2 Å². The fourth-order valence-electron chi connectivity index (χ4n) is 1.90. The van der Waals surface area contributed by atoms with Gasteiger partial charge in [0, 0.05) is 11.4 Å². The first kappa shape index (κ1) is 19.7. The molecule has 0 spiro atoms. The van der Waals surface area contributed by atoms with Gasteiger partial charge in [-0.2, -0.15) is 13.2 Å². The van der Waals surface area contributed by atoms with Crippen LogP contribution in [0.3, 0.4) is 0 Å². The Hall–Kier alpha value is -2.63. The van der Waals surface area contributed by atoms with Crippen molar-refractivity contribution < 1.29 is 39.5 Å². The van der Waals surface area contributed by atoms with E-state index in [9.17, 15) is 34.8 Å². The third kappa shape index (κ3) is 4.94. The summed E-state index contributed by atoms with van der Waals surface area (Å²) in [5.74, 6) is -0.650. The van der Waals surface area contributed by atoms with E-state index in [-0.39, 0.29) is 0 Å². The highest BCUT2D eigenvalue weighted by Gasteiger charge is 2.33. The van der Waals surface area contributed by atoms with Crippen LogP contribution in [-0.4, -0.2) is 14.8 Å². The van der Waals surface area contributed by atoms with Crippen molar-refractivity contribution in [1.82, 2.24) is 0 Å². The second-order valence-electron chi connectivity index (χ2n) is 4.92. The maximum atomic E-state index is 12.8. The highest BCUT2D eigenvalue weighted by atomic mass is 32.2. The minimum Gasteiger partial charge on any atom is -0.406 e. The summed E-state index contributed by atoms with van der Waals surface area (Å²) < 4.78 is 104. The summed E-state index contributed by atoms with van der Waals surface area (Å²) in [6.45, 7) is 0. The van der Waals surface area contributed by atoms with Gasteiger partial charge in [0.15, 0.2) is 0 Å². The van der Waals surface area contributed by atoms with Gasteiger partial charge >= 0.3 is 12.5 Å². The number of anilines is 2. The molecule has 0 bridgehead atoms. The van der Waals surface area contributed by atoms with Crippen LogP contribution in [0.5, 0.6) is 5.75 Å². The molecule has 0 radical (unpaired) electrons. The van der Waals surface area contributed by atoms with Crippen LogP contribution in [0, 0.1) is 0 Å². The van der Waals surface area contributed by atoms with Crippen LogP contribution in [-0.2, 0) is 16.2 Å². The average Bonchev–Trinajstić information content (AvgIpc) is 2.47. The van der Waals surface area contributed by atoms with Gasteiger partial charge in [-0.05, 0) is 42.5 Å². The number of benzene rings is 2. The number of nitrogens with one attached hydrogen (secondary N) is 1. The molecular formula is C14H10F6N2O3S. The van der Waals surface area contributed by atoms with Crippen LogP contribution in [0.15, 0.2) is 47.4 Å². The molecule has 2 aromatic rings. The summed E-state index contributed by atoms with van der Waals surface area (Å²) in [5.41, 5.74) is 2.98. The highest BCUT2D eigenvalue weighted by Crippen LogP contribution is 2.35. The Bertz CT molecular complexity index is 892. The van der Waals surface area contributed by atoms with Gasteiger partial charge in [-0.3, -0.25) is 4.72 Å². The normalized spacial score (nSPS) is 12.7. The Morgan fingerprint density at radius 3 is 2.00 bits per heavy atom. The van der Waals surface area contributed by atoms with E-state index in [1.54, 1.807) is 0 Å². The van der Waals surface area contributed by atoms with E-state index in [1.165, 1.54) is 0 Å². The molecule has 0 aliphatic heterocycles. The van der Waals surface area contributed by atoms with Crippen molar-refractivity contribution in [2.45, 2.75) is 17.4 Å². The third-order valence-electron chi connectivity index (χ3n) is 2.98. The third-order valence-corrected chi connectivity index (χ3v) is 4.38. The van der Waals surface area contributed by atoms with Gasteiger partial charge in [0.2, 0.25) is 0 Å². The largest absolute Gasteiger partial charge is 0.573 e. The van der Waals surface area contributed by atoms with Gasteiger partial charge in [0.1, 0.15) is 5.75 Å². The number of nitrogen functional groups attached to an aromatic ring is 1. The van der Waals surface area contributed by atoms with E-state index >= 15 is 0 Å². The Kier molecular flexibility index (Phi) is 4.99. The Balaban J connectivity index is 2.26. The molecule has 12 heteroatoms. The molecule has 0 aliphatic rings. The van der Waals surface area contributed by atoms with E-state index in [2.05, 4.69) is 4.74 Å². The van der Waals surface area contributed by atoms with Crippen molar-refractivity contribution in [2.24, 2.45) is 0 Å². The molecule has 0 saturated heterocycles. The lowest BCUT2D eigenvalue weighted by molar-refractivity contribution is -0.274. The first-order valence-corrected chi connectivity index (χ1v) is 8.11. The number of rotatable bonds is 4. The van der Waals surface area contributed by atoms with Gasteiger partial charge in [-0.1, -0.05) is 0 Å². The van der Waals surface area contributed by atoms with Crippen molar-refractivity contribution in [3.63, 3.8) is 0 Å². The molecular weight excluding hydrogens is 390 g/mol. The standard InChI is InChI=1S/C14H10F6N2O3S/c15-13(16,17)11-7-8(1-6-12(11)21)22-26(23,24)10-4-2-9(3-5-10)25-14(18,19)20/h1-7,22H,21H2. The number of halogens is 6. The Labute approximate surface area is 143 Å². The second-order valence-corrected chi connectivity index (χ2v) is 6.61. The average molecular weight is 400 g/mol. The van der Waals surface area contributed by atoms with E-state index in [4.69, 9.17) is 5.73 Å². The first-order chi connectivity index (χ1) is 11.8. The molecule has 2 aromatic carbocycles. The zero-order chi connectivity index (χ0) is 19.8. The van der Waals surface area contributed by atoms with Crippen LogP contribution in [0.2, 0.25) is 0 Å². The number of sulfonamides is 1. The minimum atomic E-state index is -4.95. The lowest BCUT2D eigenvalue weighted by Crippen LogP contribution is -2.17. The molecule has 0 atom stereocenters. The van der Waals surface area contributed by atoms with E-state index in [0.717, 1.165) is 36.4 Å². The van der Waals surface area contributed by atoms with E-state index in [0.29, 0.717) is 6.07 Å². The van der Waals surface area contributed by atoms with Crippen molar-refractivity contribution in [1.29, 1.82) is 0 Å². The number of nitrogens with two attached hydrogens (primary N) is 1. The van der Waals surface area contributed by atoms with Crippen LogP contribution < -0.4 is 15.2 Å². The van der Waals surface area contributed by atoms with Crippen LogP contribution in [0.25, 0.3) is 0 Å². The highest BCUT2D eigenvalue weighted by molar-refractivity contribution is 7.92. The molecule has 0 aliphatic carbocycles. The van der Waals surface area contributed by atoms with Crippen LogP contribution in [0.1, 0.15) is 5.56 Å². The number of hydrogen-bond donors (Lipinski definition) is 2. The lowest BCUT2D eigenvalue weighted by Gasteiger charge is -2.14.